The predicted octanol–water partition coefficient (Wildman–Crippen LogP) is 2.79. The van der Waals surface area contributed by atoms with Crippen molar-refractivity contribution in [3.05, 3.63) is 52.1 Å². The number of amides is 1. The lowest BCUT2D eigenvalue weighted by atomic mass is 9.99. The lowest BCUT2D eigenvalue weighted by molar-refractivity contribution is -0.112. The first kappa shape index (κ1) is 16.5. The number of rotatable bonds is 5. The van der Waals surface area contributed by atoms with Crippen molar-refractivity contribution in [1.29, 1.82) is 5.41 Å². The molecule has 2 unspecified atom stereocenters. The normalized spacial score (nSPS) is 22.2. The van der Waals surface area contributed by atoms with Crippen LogP contribution in [-0.4, -0.2) is 18.7 Å². The van der Waals surface area contributed by atoms with Crippen LogP contribution in [0, 0.1) is 23.1 Å². The van der Waals surface area contributed by atoms with Crippen LogP contribution in [0.1, 0.15) is 12.8 Å². The van der Waals surface area contributed by atoms with Crippen LogP contribution in [0.3, 0.4) is 0 Å². The van der Waals surface area contributed by atoms with Gasteiger partial charge in [0, 0.05) is 12.7 Å². The van der Waals surface area contributed by atoms with Gasteiger partial charge in [-0.15, -0.1) is 0 Å². The smallest absolute Gasteiger partial charge is 0.261 e. The van der Waals surface area contributed by atoms with Crippen LogP contribution in [-0.2, 0) is 4.79 Å². The van der Waals surface area contributed by atoms with Crippen molar-refractivity contribution in [2.45, 2.75) is 12.8 Å². The lowest BCUT2D eigenvalue weighted by Gasteiger charge is -2.15. The minimum absolute atomic E-state index is 0.0745. The number of fused-ring (bicyclic) bond motifs is 1. The second-order valence-electron chi connectivity index (χ2n) is 6.05. The first-order valence-electron chi connectivity index (χ1n) is 7.64. The summed E-state index contributed by atoms with van der Waals surface area (Å²) in [6.45, 7) is 0. The highest BCUT2D eigenvalue weighted by Crippen LogP contribution is 2.50. The van der Waals surface area contributed by atoms with Crippen LogP contribution in [0.2, 0.25) is 5.02 Å². The summed E-state index contributed by atoms with van der Waals surface area (Å²) < 4.78 is 13.2. The molecule has 0 aromatic heterocycles. The number of anilines is 1. The van der Waals surface area contributed by atoms with Crippen LogP contribution in [0.4, 0.5) is 10.1 Å². The molecule has 0 radical (unpaired) electrons. The third-order valence-corrected chi connectivity index (χ3v) is 4.68. The average Bonchev–Trinajstić information content (AvgIpc) is 3.16. The fourth-order valence-electron chi connectivity index (χ4n) is 2.93. The fourth-order valence-corrected chi connectivity index (χ4v) is 3.11. The van der Waals surface area contributed by atoms with E-state index in [0.29, 0.717) is 17.5 Å². The molecule has 5 nitrogen and oxygen atoms in total. The van der Waals surface area contributed by atoms with Gasteiger partial charge in [0.1, 0.15) is 17.2 Å². The summed E-state index contributed by atoms with van der Waals surface area (Å²) >= 11 is 5.73. The van der Waals surface area contributed by atoms with Crippen LogP contribution in [0.25, 0.3) is 0 Å². The Balaban J connectivity index is 1.83. The molecule has 0 saturated heterocycles. The van der Waals surface area contributed by atoms with E-state index < -0.39 is 11.7 Å². The van der Waals surface area contributed by atoms with E-state index in [4.69, 9.17) is 22.7 Å². The number of nitrogens with two attached hydrogens (primary N) is 1. The van der Waals surface area contributed by atoms with E-state index in [-0.39, 0.29) is 22.1 Å². The highest BCUT2D eigenvalue weighted by molar-refractivity contribution is 6.32. The molecule has 3 rings (SSSR count). The van der Waals surface area contributed by atoms with E-state index in [0.717, 1.165) is 18.4 Å². The molecule has 0 heterocycles. The summed E-state index contributed by atoms with van der Waals surface area (Å²) in [6.07, 6.45) is 4.02. The van der Waals surface area contributed by atoms with Gasteiger partial charge in [0.15, 0.2) is 0 Å². The Bertz CT molecular complexity index is 787. The summed E-state index contributed by atoms with van der Waals surface area (Å²) in [5.41, 5.74) is 7.27. The van der Waals surface area contributed by atoms with Crippen LogP contribution in [0.15, 0.2) is 41.2 Å². The molecular formula is C17H18ClFN4O. The number of nitrogens with one attached hydrogen (secondary N) is 3. The minimum atomic E-state index is -0.566. The highest BCUT2D eigenvalue weighted by Gasteiger charge is 2.42. The Morgan fingerprint density at radius 3 is 2.79 bits per heavy atom. The van der Waals surface area contributed by atoms with Crippen LogP contribution >= 0.6 is 11.6 Å². The van der Waals surface area contributed by atoms with Crippen molar-refractivity contribution in [2.24, 2.45) is 17.6 Å². The van der Waals surface area contributed by atoms with Crippen LogP contribution < -0.4 is 16.4 Å². The number of hydrogen-bond acceptors (Lipinski definition) is 4. The number of allylic oxidation sites excluding steroid dienone is 2. The third kappa shape index (κ3) is 3.14. The molecule has 0 aliphatic heterocycles. The maximum absolute atomic E-state index is 13.2. The maximum Gasteiger partial charge on any atom is 0.261 e. The van der Waals surface area contributed by atoms with Gasteiger partial charge in [-0.2, -0.15) is 0 Å². The standard InChI is InChI=1S/C17H18ClFN4O/c1-22-16(21)14(15(20)10-5-8-4-9(8)6-10)17(24)23-11-2-3-13(19)12(18)7-11/h2-3,5,7-9,20,22H,4,6,21H2,1H3,(H,23,24)/b16-14+,20-15?. The molecule has 2 atom stereocenters. The van der Waals surface area contributed by atoms with E-state index >= 15 is 0 Å². The Morgan fingerprint density at radius 1 is 1.46 bits per heavy atom. The van der Waals surface area contributed by atoms with Crippen molar-refractivity contribution in [3.8, 4) is 0 Å². The van der Waals surface area contributed by atoms with Crippen molar-refractivity contribution in [2.75, 3.05) is 12.4 Å². The topological polar surface area (TPSA) is 91.0 Å². The van der Waals surface area contributed by atoms with E-state index in [9.17, 15) is 9.18 Å². The number of carbonyl (C=O) groups is 1. The molecule has 1 saturated carbocycles. The minimum Gasteiger partial charge on any atom is -0.385 e. The summed E-state index contributed by atoms with van der Waals surface area (Å²) in [4.78, 5) is 12.6. The molecule has 1 fully saturated rings. The summed E-state index contributed by atoms with van der Waals surface area (Å²) in [5.74, 6) is 0.166. The van der Waals surface area contributed by atoms with Crippen molar-refractivity contribution >= 4 is 28.9 Å². The third-order valence-electron chi connectivity index (χ3n) is 4.39. The highest BCUT2D eigenvalue weighted by atomic mass is 35.5. The number of hydrogen-bond donors (Lipinski definition) is 4. The average molecular weight is 349 g/mol. The zero-order valence-corrected chi connectivity index (χ0v) is 13.9. The van der Waals surface area contributed by atoms with Crippen molar-refractivity contribution in [3.63, 3.8) is 0 Å². The molecule has 5 N–H and O–H groups in total. The molecule has 1 aromatic rings. The monoisotopic (exact) mass is 348 g/mol. The zero-order valence-electron chi connectivity index (χ0n) is 13.1. The second kappa shape index (κ2) is 6.28. The van der Waals surface area contributed by atoms with Gasteiger partial charge in [-0.1, -0.05) is 17.7 Å². The summed E-state index contributed by atoms with van der Waals surface area (Å²) in [5, 5.41) is 13.6. The fraction of sp³-hybridized carbons (Fsp3) is 0.294. The molecule has 0 bridgehead atoms. The summed E-state index contributed by atoms with van der Waals surface area (Å²) in [6, 6.07) is 3.89. The Labute approximate surface area is 144 Å². The molecule has 2 aliphatic rings. The molecule has 7 heteroatoms. The first-order valence-corrected chi connectivity index (χ1v) is 8.02. The molecule has 0 spiro atoms. The van der Waals surface area contributed by atoms with Gasteiger partial charge < -0.3 is 16.4 Å². The molecule has 1 aromatic carbocycles. The van der Waals surface area contributed by atoms with Gasteiger partial charge in [-0.3, -0.25) is 10.2 Å². The molecule has 2 aliphatic carbocycles. The van der Waals surface area contributed by atoms with Gasteiger partial charge in [0.2, 0.25) is 0 Å². The lowest BCUT2D eigenvalue weighted by Crippen LogP contribution is -2.30. The van der Waals surface area contributed by atoms with Gasteiger partial charge in [-0.05, 0) is 48.4 Å². The zero-order chi connectivity index (χ0) is 17.4. The molecule has 126 valence electrons. The predicted molar refractivity (Wildman–Crippen MR) is 92.3 cm³/mol. The largest absolute Gasteiger partial charge is 0.385 e. The summed E-state index contributed by atoms with van der Waals surface area (Å²) in [7, 11) is 1.59. The maximum atomic E-state index is 13.2. The van der Waals surface area contributed by atoms with E-state index in [1.807, 2.05) is 0 Å². The van der Waals surface area contributed by atoms with E-state index in [2.05, 4.69) is 16.7 Å². The number of carbonyl (C=O) groups excluding carboxylic acids is 1. The molecular weight excluding hydrogens is 331 g/mol. The molecule has 24 heavy (non-hydrogen) atoms. The Hall–Kier alpha value is -2.34. The van der Waals surface area contributed by atoms with Crippen molar-refractivity contribution in [1.82, 2.24) is 5.32 Å². The van der Waals surface area contributed by atoms with Gasteiger partial charge in [0.05, 0.1) is 10.7 Å². The Morgan fingerprint density at radius 2 is 2.21 bits per heavy atom. The second-order valence-corrected chi connectivity index (χ2v) is 6.46. The van der Waals surface area contributed by atoms with Gasteiger partial charge in [-0.25, -0.2) is 4.39 Å². The van der Waals surface area contributed by atoms with Gasteiger partial charge in [0.25, 0.3) is 5.91 Å². The van der Waals surface area contributed by atoms with E-state index in [1.165, 1.54) is 18.2 Å². The van der Waals surface area contributed by atoms with Crippen LogP contribution in [0.5, 0.6) is 0 Å². The SMILES string of the molecule is CN/C(N)=C(\C(=N)C1=CC2CC2C1)C(=O)Nc1ccc(F)c(Cl)c1. The van der Waals surface area contributed by atoms with Crippen molar-refractivity contribution < 1.29 is 9.18 Å². The quantitative estimate of drug-likeness (QED) is 0.487. The van der Waals surface area contributed by atoms with E-state index in [1.54, 1.807) is 7.05 Å². The first-order chi connectivity index (χ1) is 11.4. The number of halogens is 2. The number of benzene rings is 1. The Kier molecular flexibility index (Phi) is 4.32. The van der Waals surface area contributed by atoms with Gasteiger partial charge >= 0.3 is 0 Å². The molecule has 1 amide bonds.